The largest absolute Gasteiger partial charge is 0.497 e. The number of fused-ring (bicyclic) bond motifs is 1. The molecule has 0 bridgehead atoms. The van der Waals surface area contributed by atoms with Crippen LogP contribution in [0.3, 0.4) is 0 Å². The second kappa shape index (κ2) is 8.25. The maximum Gasteiger partial charge on any atom is 0.495 e. The number of ether oxygens (including phenoxy) is 2. The van der Waals surface area contributed by atoms with E-state index in [2.05, 4.69) is 26.7 Å². The summed E-state index contributed by atoms with van der Waals surface area (Å²) in [6, 6.07) is 5.88. The molecule has 3 N–H and O–H groups in total. The first-order valence-corrected chi connectivity index (χ1v) is 9.44. The lowest BCUT2D eigenvalue weighted by molar-refractivity contribution is 0.0698. The molecule has 1 aromatic carbocycles. The van der Waals surface area contributed by atoms with Gasteiger partial charge in [-0.3, -0.25) is 0 Å². The van der Waals surface area contributed by atoms with Crippen molar-refractivity contribution in [1.29, 1.82) is 5.26 Å². The molecule has 0 unspecified atom stereocenters. The first-order chi connectivity index (χ1) is 14.1. The average molecular weight is 395 g/mol. The number of nitriles is 1. The highest BCUT2D eigenvalue weighted by atomic mass is 16.5. The minimum atomic E-state index is -0.980. The maximum atomic E-state index is 9.95. The third-order valence-electron chi connectivity index (χ3n) is 5.16. The molecule has 29 heavy (non-hydrogen) atoms. The number of nitrogens with one attached hydrogen (secondary N) is 2. The number of hydrogen-bond donors (Lipinski definition) is 3. The predicted octanol–water partition coefficient (Wildman–Crippen LogP) is 1.10. The summed E-state index contributed by atoms with van der Waals surface area (Å²) >= 11 is 0. The van der Waals surface area contributed by atoms with Crippen molar-refractivity contribution in [3.63, 3.8) is 0 Å². The molecule has 0 saturated carbocycles. The van der Waals surface area contributed by atoms with E-state index in [4.69, 9.17) is 14.1 Å². The first-order valence-electron chi connectivity index (χ1n) is 9.44. The molecule has 2 atom stereocenters. The summed E-state index contributed by atoms with van der Waals surface area (Å²) in [5, 5.41) is 25.8. The lowest BCUT2D eigenvalue weighted by Gasteiger charge is -2.28. The van der Waals surface area contributed by atoms with Gasteiger partial charge in [0.2, 0.25) is 5.95 Å². The van der Waals surface area contributed by atoms with Gasteiger partial charge in [0.05, 0.1) is 38.4 Å². The number of rotatable bonds is 5. The predicted molar refractivity (Wildman–Crippen MR) is 107 cm³/mol. The Morgan fingerprint density at radius 1 is 1.41 bits per heavy atom. The van der Waals surface area contributed by atoms with Crippen molar-refractivity contribution in [2.24, 2.45) is 5.92 Å². The van der Waals surface area contributed by atoms with Gasteiger partial charge in [-0.1, -0.05) is 0 Å². The van der Waals surface area contributed by atoms with E-state index in [9.17, 15) is 10.3 Å². The minimum absolute atomic E-state index is 0.117. The molecule has 0 aliphatic carbocycles. The molecule has 2 aliphatic rings. The normalized spacial score (nSPS) is 20.7. The van der Waals surface area contributed by atoms with Gasteiger partial charge in [-0.25, -0.2) is 4.98 Å². The number of nitrogens with zero attached hydrogens (tertiary/aromatic N) is 3. The van der Waals surface area contributed by atoms with Gasteiger partial charge in [0, 0.05) is 35.6 Å². The van der Waals surface area contributed by atoms with Gasteiger partial charge >= 0.3 is 7.12 Å². The van der Waals surface area contributed by atoms with Crippen LogP contribution in [0.5, 0.6) is 5.75 Å². The Morgan fingerprint density at radius 2 is 2.28 bits per heavy atom. The Balaban J connectivity index is 1.56. The van der Waals surface area contributed by atoms with Gasteiger partial charge < -0.3 is 29.8 Å². The molecule has 1 fully saturated rings. The van der Waals surface area contributed by atoms with Gasteiger partial charge in [-0.2, -0.15) is 10.2 Å². The van der Waals surface area contributed by atoms with E-state index in [1.807, 2.05) is 13.0 Å². The van der Waals surface area contributed by atoms with Crippen LogP contribution in [-0.2, 0) is 16.0 Å². The Bertz CT molecular complexity index is 951. The molecular formula is C19H22BN5O4. The fourth-order valence-corrected chi connectivity index (χ4v) is 3.56. The van der Waals surface area contributed by atoms with Gasteiger partial charge in [0.1, 0.15) is 11.6 Å². The number of methoxy groups -OCH3 is 1. The molecule has 0 radical (unpaired) electrons. The van der Waals surface area contributed by atoms with Gasteiger partial charge in [-0.05, 0) is 25.0 Å². The van der Waals surface area contributed by atoms with Gasteiger partial charge in [0.25, 0.3) is 0 Å². The van der Waals surface area contributed by atoms with Crippen LogP contribution < -0.4 is 20.8 Å². The minimum Gasteiger partial charge on any atom is -0.497 e. The number of anilines is 3. The summed E-state index contributed by atoms with van der Waals surface area (Å²) in [6.07, 6.45) is 2.42. The third-order valence-corrected chi connectivity index (χ3v) is 5.16. The molecule has 2 aromatic rings. The maximum absolute atomic E-state index is 9.95. The molecule has 10 heteroatoms. The Labute approximate surface area is 169 Å². The van der Waals surface area contributed by atoms with E-state index in [1.54, 1.807) is 19.4 Å². The van der Waals surface area contributed by atoms with Crippen LogP contribution in [0.4, 0.5) is 17.5 Å². The third kappa shape index (κ3) is 3.98. The van der Waals surface area contributed by atoms with Crippen LogP contribution in [0, 0.1) is 24.2 Å². The Kier molecular flexibility index (Phi) is 5.53. The van der Waals surface area contributed by atoms with E-state index >= 15 is 0 Å². The average Bonchev–Trinajstić information content (AvgIpc) is 3.11. The molecular weight excluding hydrogens is 373 g/mol. The van der Waals surface area contributed by atoms with Gasteiger partial charge in [0.15, 0.2) is 0 Å². The molecule has 2 aliphatic heterocycles. The second-order valence-corrected chi connectivity index (χ2v) is 7.11. The summed E-state index contributed by atoms with van der Waals surface area (Å²) < 4.78 is 16.2. The van der Waals surface area contributed by atoms with Crippen LogP contribution in [0.2, 0.25) is 0 Å². The van der Waals surface area contributed by atoms with Crippen molar-refractivity contribution in [2.45, 2.75) is 26.0 Å². The molecule has 1 saturated heterocycles. The summed E-state index contributed by atoms with van der Waals surface area (Å²) in [5.41, 5.74) is 3.09. The van der Waals surface area contributed by atoms with Crippen molar-refractivity contribution in [1.82, 2.24) is 9.97 Å². The highest BCUT2D eigenvalue weighted by molar-refractivity contribution is 6.62. The molecule has 3 heterocycles. The number of aryl methyl sites for hydroxylation is 1. The van der Waals surface area contributed by atoms with Crippen LogP contribution in [-0.4, -0.2) is 48.5 Å². The van der Waals surface area contributed by atoms with E-state index in [1.165, 1.54) is 0 Å². The van der Waals surface area contributed by atoms with Crippen molar-refractivity contribution in [3.05, 3.63) is 29.5 Å². The van der Waals surface area contributed by atoms with Crippen LogP contribution >= 0.6 is 0 Å². The molecule has 4 rings (SSSR count). The lowest BCUT2D eigenvalue weighted by atomic mass is 9.78. The first kappa shape index (κ1) is 19.5. The van der Waals surface area contributed by atoms with Crippen molar-refractivity contribution in [2.75, 3.05) is 31.0 Å². The van der Waals surface area contributed by atoms with Crippen LogP contribution in [0.15, 0.2) is 18.3 Å². The molecule has 1 aromatic heterocycles. The molecule has 9 nitrogen and oxygen atoms in total. The lowest BCUT2D eigenvalue weighted by Crippen LogP contribution is -2.38. The smallest absolute Gasteiger partial charge is 0.495 e. The summed E-state index contributed by atoms with van der Waals surface area (Å²) in [6.45, 7) is 3.29. The standard InChI is InChI=1S/C19H22BN5O4/c1-11-8-22-19(25-18(11)24-15-10-28-4-3-12(15)7-21)23-14-5-13-9-29-20(26)17(13)16(6-14)27-2/h5-6,8,12,15,26H,3-4,9-10H2,1-2H3,(H2,22,23,24,25)/t12-,15+/m1/s1. The molecule has 0 amide bonds. The second-order valence-electron chi connectivity index (χ2n) is 7.11. The van der Waals surface area contributed by atoms with Gasteiger partial charge in [-0.15, -0.1) is 0 Å². The van der Waals surface area contributed by atoms with Crippen molar-refractivity contribution >= 4 is 30.0 Å². The van der Waals surface area contributed by atoms with E-state index in [-0.39, 0.29) is 12.0 Å². The van der Waals surface area contributed by atoms with Crippen LogP contribution in [0.25, 0.3) is 0 Å². The quantitative estimate of drug-likeness (QED) is 0.639. The van der Waals surface area contributed by atoms with E-state index in [0.29, 0.717) is 49.2 Å². The molecule has 0 spiro atoms. The fraction of sp³-hybridized carbons (Fsp3) is 0.421. The van der Waals surface area contributed by atoms with Crippen LogP contribution in [0.1, 0.15) is 17.5 Å². The number of hydrogen-bond acceptors (Lipinski definition) is 9. The fourth-order valence-electron chi connectivity index (χ4n) is 3.56. The summed E-state index contributed by atoms with van der Waals surface area (Å²) in [5.74, 6) is 1.48. The Morgan fingerprint density at radius 3 is 3.07 bits per heavy atom. The van der Waals surface area contributed by atoms with Crippen molar-refractivity contribution < 1.29 is 19.2 Å². The zero-order valence-electron chi connectivity index (χ0n) is 16.3. The zero-order chi connectivity index (χ0) is 20.4. The summed E-state index contributed by atoms with van der Waals surface area (Å²) in [4.78, 5) is 8.93. The zero-order valence-corrected chi connectivity index (χ0v) is 16.3. The number of benzene rings is 1. The topological polar surface area (TPSA) is 122 Å². The Hall–Kier alpha value is -2.87. The monoisotopic (exact) mass is 395 g/mol. The SMILES string of the molecule is COc1cc(Nc2ncc(C)c(N[C@H]3COCC[C@@H]3C#N)n2)cc2c1B(O)OC2. The number of aromatic nitrogens is 2. The highest BCUT2D eigenvalue weighted by Crippen LogP contribution is 2.27. The van der Waals surface area contributed by atoms with Crippen molar-refractivity contribution in [3.8, 4) is 11.8 Å². The van der Waals surface area contributed by atoms with E-state index < -0.39 is 7.12 Å². The summed E-state index contributed by atoms with van der Waals surface area (Å²) in [7, 11) is 0.568. The van der Waals surface area contributed by atoms with E-state index in [0.717, 1.165) is 16.8 Å². The molecule has 150 valence electrons. The highest BCUT2D eigenvalue weighted by Gasteiger charge is 2.32.